The molecular formula is C20H19FO4S. The van der Waals surface area contributed by atoms with Crippen molar-refractivity contribution in [2.75, 3.05) is 6.26 Å². The molecule has 1 aliphatic heterocycles. The molecular weight excluding hydrogens is 355 g/mol. The Balaban J connectivity index is 2.21. The number of cyclic esters (lactones) is 1. The fraction of sp³-hybridized carbons (Fsp3) is 0.250. The zero-order chi connectivity index (χ0) is 19.1. The van der Waals surface area contributed by atoms with Crippen molar-refractivity contribution in [2.45, 2.75) is 30.8 Å². The summed E-state index contributed by atoms with van der Waals surface area (Å²) in [6, 6.07) is 12.2. The molecule has 0 radical (unpaired) electrons. The number of carbonyl (C=O) groups excluding carboxylic acids is 1. The maximum atomic E-state index is 13.8. The Morgan fingerprint density at radius 3 is 2.23 bits per heavy atom. The molecule has 0 aromatic heterocycles. The van der Waals surface area contributed by atoms with Gasteiger partial charge in [-0.25, -0.2) is 17.6 Å². The zero-order valence-electron chi connectivity index (χ0n) is 14.7. The summed E-state index contributed by atoms with van der Waals surface area (Å²) in [6.07, 6.45) is 1.51. The number of ether oxygens (including phenoxy) is 1. The van der Waals surface area contributed by atoms with Crippen LogP contribution in [0.2, 0.25) is 0 Å². The lowest BCUT2D eigenvalue weighted by atomic mass is 9.89. The molecule has 0 unspecified atom stereocenters. The molecule has 0 N–H and O–H groups in total. The van der Waals surface area contributed by atoms with Crippen LogP contribution >= 0.6 is 0 Å². The summed E-state index contributed by atoms with van der Waals surface area (Å²) < 4.78 is 42.6. The standard InChI is InChI=1S/C20H19FO4S/c1-20(2)12-17(19(22)25-20)18(14-5-4-6-15(21)11-14)13-7-9-16(10-8-13)26(3,23)24/h4-11H,12H2,1-3H3. The molecule has 0 bridgehead atoms. The molecule has 26 heavy (non-hydrogen) atoms. The van der Waals surface area contributed by atoms with Crippen molar-refractivity contribution in [2.24, 2.45) is 0 Å². The fourth-order valence-electron chi connectivity index (χ4n) is 3.06. The third-order valence-electron chi connectivity index (χ3n) is 4.20. The molecule has 6 heteroatoms. The Labute approximate surface area is 152 Å². The summed E-state index contributed by atoms with van der Waals surface area (Å²) in [6.45, 7) is 3.63. The minimum absolute atomic E-state index is 0.180. The average Bonchev–Trinajstić information content (AvgIpc) is 2.80. The van der Waals surface area contributed by atoms with E-state index in [0.717, 1.165) is 6.26 Å². The Bertz CT molecular complexity index is 1000. The number of esters is 1. The Morgan fingerprint density at radius 1 is 1.08 bits per heavy atom. The Morgan fingerprint density at radius 2 is 1.73 bits per heavy atom. The summed E-state index contributed by atoms with van der Waals surface area (Å²) in [7, 11) is -3.33. The minimum Gasteiger partial charge on any atom is -0.456 e. The first-order chi connectivity index (χ1) is 12.1. The normalized spacial score (nSPS) is 18.5. The first-order valence-corrected chi connectivity index (χ1v) is 9.99. The van der Waals surface area contributed by atoms with Crippen molar-refractivity contribution in [1.29, 1.82) is 0 Å². The van der Waals surface area contributed by atoms with Crippen LogP contribution in [0.15, 0.2) is 59.0 Å². The number of rotatable bonds is 3. The number of hydrogen-bond donors (Lipinski definition) is 0. The second kappa shape index (κ2) is 6.36. The van der Waals surface area contributed by atoms with Gasteiger partial charge < -0.3 is 4.74 Å². The highest BCUT2D eigenvalue weighted by atomic mass is 32.2. The van der Waals surface area contributed by atoms with E-state index in [1.54, 1.807) is 24.3 Å². The van der Waals surface area contributed by atoms with Crippen molar-refractivity contribution < 1.29 is 22.3 Å². The molecule has 136 valence electrons. The van der Waals surface area contributed by atoms with Gasteiger partial charge in [-0.3, -0.25) is 0 Å². The van der Waals surface area contributed by atoms with Crippen molar-refractivity contribution >= 4 is 21.4 Å². The maximum absolute atomic E-state index is 13.8. The molecule has 1 fully saturated rings. The van der Waals surface area contributed by atoms with Crippen LogP contribution in [0, 0.1) is 5.82 Å². The van der Waals surface area contributed by atoms with Gasteiger partial charge in [0.05, 0.1) is 4.90 Å². The van der Waals surface area contributed by atoms with Gasteiger partial charge in [-0.2, -0.15) is 0 Å². The fourth-order valence-corrected chi connectivity index (χ4v) is 3.70. The van der Waals surface area contributed by atoms with Crippen LogP contribution in [-0.4, -0.2) is 26.2 Å². The summed E-state index contributed by atoms with van der Waals surface area (Å²) in [5.74, 6) is -0.861. The van der Waals surface area contributed by atoms with Gasteiger partial charge in [0, 0.05) is 18.2 Å². The predicted octanol–water partition coefficient (Wildman–Crippen LogP) is 3.76. The first-order valence-electron chi connectivity index (χ1n) is 8.10. The van der Waals surface area contributed by atoms with E-state index in [2.05, 4.69) is 0 Å². The predicted molar refractivity (Wildman–Crippen MR) is 96.8 cm³/mol. The van der Waals surface area contributed by atoms with E-state index in [4.69, 9.17) is 4.74 Å². The summed E-state index contributed by atoms with van der Waals surface area (Å²) in [5, 5.41) is 0. The van der Waals surface area contributed by atoms with Crippen LogP contribution in [0.4, 0.5) is 4.39 Å². The Hall–Kier alpha value is -2.47. The molecule has 1 aliphatic rings. The second-order valence-corrected chi connectivity index (χ2v) is 9.00. The number of hydrogen-bond acceptors (Lipinski definition) is 4. The van der Waals surface area contributed by atoms with E-state index in [1.165, 1.54) is 24.3 Å². The molecule has 0 amide bonds. The van der Waals surface area contributed by atoms with E-state index in [1.807, 2.05) is 13.8 Å². The smallest absolute Gasteiger partial charge is 0.335 e. The van der Waals surface area contributed by atoms with Gasteiger partial charge in [0.15, 0.2) is 9.84 Å². The molecule has 1 heterocycles. The molecule has 0 saturated carbocycles. The molecule has 0 atom stereocenters. The molecule has 2 aromatic carbocycles. The van der Waals surface area contributed by atoms with Gasteiger partial charge >= 0.3 is 5.97 Å². The number of halogens is 1. The van der Waals surface area contributed by atoms with Crippen molar-refractivity contribution in [1.82, 2.24) is 0 Å². The van der Waals surface area contributed by atoms with Crippen LogP contribution in [0.3, 0.4) is 0 Å². The van der Waals surface area contributed by atoms with Crippen LogP contribution < -0.4 is 0 Å². The van der Waals surface area contributed by atoms with Gasteiger partial charge in [-0.15, -0.1) is 0 Å². The molecule has 1 saturated heterocycles. The van der Waals surface area contributed by atoms with E-state index < -0.39 is 27.2 Å². The van der Waals surface area contributed by atoms with Crippen LogP contribution in [0.5, 0.6) is 0 Å². The van der Waals surface area contributed by atoms with E-state index in [-0.39, 0.29) is 4.90 Å². The monoisotopic (exact) mass is 374 g/mol. The largest absolute Gasteiger partial charge is 0.456 e. The topological polar surface area (TPSA) is 60.4 Å². The van der Waals surface area contributed by atoms with Crippen LogP contribution in [0.1, 0.15) is 31.4 Å². The van der Waals surface area contributed by atoms with E-state index in [9.17, 15) is 17.6 Å². The van der Waals surface area contributed by atoms with E-state index in [0.29, 0.717) is 28.7 Å². The molecule has 4 nitrogen and oxygen atoms in total. The van der Waals surface area contributed by atoms with Crippen LogP contribution in [-0.2, 0) is 19.4 Å². The lowest BCUT2D eigenvalue weighted by molar-refractivity contribution is -0.143. The molecule has 2 aromatic rings. The van der Waals surface area contributed by atoms with Gasteiger partial charge in [0.1, 0.15) is 11.4 Å². The second-order valence-electron chi connectivity index (χ2n) is 6.99. The molecule has 0 spiro atoms. The quantitative estimate of drug-likeness (QED) is 0.606. The van der Waals surface area contributed by atoms with Gasteiger partial charge in [-0.05, 0) is 54.8 Å². The average molecular weight is 374 g/mol. The Kier molecular flexibility index (Phi) is 4.48. The van der Waals surface area contributed by atoms with E-state index >= 15 is 0 Å². The number of benzene rings is 2. The van der Waals surface area contributed by atoms with Crippen molar-refractivity contribution in [3.8, 4) is 0 Å². The summed E-state index contributed by atoms with van der Waals surface area (Å²) >= 11 is 0. The van der Waals surface area contributed by atoms with Crippen molar-refractivity contribution in [3.05, 3.63) is 71.0 Å². The van der Waals surface area contributed by atoms with Gasteiger partial charge in [0.25, 0.3) is 0 Å². The summed E-state index contributed by atoms with van der Waals surface area (Å²) in [4.78, 5) is 12.6. The molecule has 3 rings (SSSR count). The zero-order valence-corrected chi connectivity index (χ0v) is 15.6. The lowest BCUT2D eigenvalue weighted by Crippen LogP contribution is -2.17. The highest BCUT2D eigenvalue weighted by Gasteiger charge is 2.37. The molecule has 0 aliphatic carbocycles. The number of carbonyl (C=O) groups is 1. The van der Waals surface area contributed by atoms with Crippen LogP contribution in [0.25, 0.3) is 5.57 Å². The highest BCUT2D eigenvalue weighted by Crippen LogP contribution is 2.38. The third-order valence-corrected chi connectivity index (χ3v) is 5.33. The lowest BCUT2D eigenvalue weighted by Gasteiger charge is -2.14. The van der Waals surface area contributed by atoms with Gasteiger partial charge in [-0.1, -0.05) is 24.3 Å². The third kappa shape index (κ3) is 3.70. The summed E-state index contributed by atoms with van der Waals surface area (Å²) in [5.41, 5.74) is 1.54. The minimum atomic E-state index is -3.33. The number of sulfone groups is 1. The maximum Gasteiger partial charge on any atom is 0.335 e. The van der Waals surface area contributed by atoms with Gasteiger partial charge in [0.2, 0.25) is 0 Å². The SMILES string of the molecule is CC1(C)CC(=C(c2ccc(S(C)(=O)=O)cc2)c2cccc(F)c2)C(=O)O1. The highest BCUT2D eigenvalue weighted by molar-refractivity contribution is 7.90. The first kappa shape index (κ1) is 18.3. The van der Waals surface area contributed by atoms with Crippen molar-refractivity contribution in [3.63, 3.8) is 0 Å².